The van der Waals surface area contributed by atoms with Gasteiger partial charge in [-0.3, -0.25) is 0 Å². The van der Waals surface area contributed by atoms with Crippen LogP contribution in [0.15, 0.2) is 236 Å². The molecule has 1 spiro atoms. The second-order valence-electron chi connectivity index (χ2n) is 17.8. The first-order valence-corrected chi connectivity index (χ1v) is 22.9. The standard InChI is InChI=1S/C63H45N/c1-2-18-45(19-3-1)62-51-22-7-6-17-43(51)34-38-52(62)44-32-35-48(36-33-44)64(61-29-15-11-21-50(61)47-31-30-42-16-4-5-20-46(42)40-47)49-37-39-60-56(41-49)55-25-10-14-28-59(55)63(60)57-26-12-8-23-53(57)54-24-9-13-27-58(54)63/h1-3,5-15,17-29,32-41H,4,16,30-31H2. The van der Waals surface area contributed by atoms with Gasteiger partial charge in [0, 0.05) is 16.9 Å². The van der Waals surface area contributed by atoms with Crippen LogP contribution >= 0.6 is 0 Å². The summed E-state index contributed by atoms with van der Waals surface area (Å²) >= 11 is 0. The van der Waals surface area contributed by atoms with E-state index < -0.39 is 0 Å². The van der Waals surface area contributed by atoms with Crippen LogP contribution in [-0.4, -0.2) is 0 Å². The highest BCUT2D eigenvalue weighted by atomic mass is 15.1. The van der Waals surface area contributed by atoms with Crippen LogP contribution in [0.5, 0.6) is 0 Å². The van der Waals surface area contributed by atoms with Gasteiger partial charge >= 0.3 is 0 Å². The van der Waals surface area contributed by atoms with Crippen molar-refractivity contribution >= 4 is 33.4 Å². The maximum Gasteiger partial charge on any atom is 0.0725 e. The van der Waals surface area contributed by atoms with Crippen molar-refractivity contribution in [1.29, 1.82) is 0 Å². The Morgan fingerprint density at radius 1 is 0.406 bits per heavy atom. The topological polar surface area (TPSA) is 3.24 Å². The molecule has 0 saturated heterocycles. The van der Waals surface area contributed by atoms with Gasteiger partial charge in [0.05, 0.1) is 11.1 Å². The fourth-order valence-corrected chi connectivity index (χ4v) is 11.7. The second-order valence-corrected chi connectivity index (χ2v) is 17.8. The van der Waals surface area contributed by atoms with Crippen molar-refractivity contribution in [2.45, 2.75) is 31.1 Å². The molecular weight excluding hydrogens is 771 g/mol. The Balaban J connectivity index is 1.01. The normalized spacial score (nSPS) is 15.0. The number of hydrogen-bond donors (Lipinski definition) is 0. The van der Waals surface area contributed by atoms with Crippen molar-refractivity contribution in [1.82, 2.24) is 0 Å². The first kappa shape index (κ1) is 36.9. The van der Waals surface area contributed by atoms with Gasteiger partial charge in [-0.15, -0.1) is 0 Å². The highest BCUT2D eigenvalue weighted by molar-refractivity contribution is 6.04. The largest absolute Gasteiger partial charge is 0.310 e. The molecule has 0 aliphatic heterocycles. The van der Waals surface area contributed by atoms with Gasteiger partial charge in [0.25, 0.3) is 0 Å². The number of allylic oxidation sites excluding steroid dienone is 6. The molecule has 9 aromatic carbocycles. The predicted octanol–water partition coefficient (Wildman–Crippen LogP) is 16.8. The smallest absolute Gasteiger partial charge is 0.0725 e. The molecule has 1 heteroatoms. The van der Waals surface area contributed by atoms with Crippen molar-refractivity contribution in [3.05, 3.63) is 263 Å². The average Bonchev–Trinajstić information content (AvgIpc) is 3.84. The van der Waals surface area contributed by atoms with E-state index >= 15 is 0 Å². The van der Waals surface area contributed by atoms with Crippen molar-refractivity contribution in [3.8, 4) is 44.5 Å². The summed E-state index contributed by atoms with van der Waals surface area (Å²) in [5, 5.41) is 2.51. The van der Waals surface area contributed by atoms with Crippen LogP contribution in [0.25, 0.3) is 60.9 Å². The molecule has 4 aliphatic rings. The molecule has 9 aromatic rings. The van der Waals surface area contributed by atoms with Crippen LogP contribution in [0, 0.1) is 0 Å². The van der Waals surface area contributed by atoms with Crippen molar-refractivity contribution in [3.63, 3.8) is 0 Å². The maximum absolute atomic E-state index is 2.52. The summed E-state index contributed by atoms with van der Waals surface area (Å²) in [4.78, 5) is 2.52. The Morgan fingerprint density at radius 3 is 1.77 bits per heavy atom. The number of para-hydroxylation sites is 1. The van der Waals surface area contributed by atoms with Gasteiger partial charge < -0.3 is 4.90 Å². The highest BCUT2D eigenvalue weighted by Crippen LogP contribution is 2.63. The zero-order chi connectivity index (χ0) is 42.2. The molecule has 0 fully saturated rings. The van der Waals surface area contributed by atoms with Crippen LogP contribution in [0.4, 0.5) is 17.1 Å². The van der Waals surface area contributed by atoms with E-state index in [1.54, 1.807) is 5.57 Å². The van der Waals surface area contributed by atoms with Gasteiger partial charge in [0.15, 0.2) is 0 Å². The quantitative estimate of drug-likeness (QED) is 0.162. The molecule has 0 bridgehead atoms. The van der Waals surface area contributed by atoms with Gasteiger partial charge in [0.1, 0.15) is 0 Å². The van der Waals surface area contributed by atoms with E-state index in [1.165, 1.54) is 106 Å². The summed E-state index contributed by atoms with van der Waals surface area (Å²) in [6, 6.07) is 77.2. The first-order valence-electron chi connectivity index (χ1n) is 22.9. The second kappa shape index (κ2) is 14.7. The number of hydrogen-bond acceptors (Lipinski definition) is 1. The number of benzene rings is 9. The van der Waals surface area contributed by atoms with Gasteiger partial charge in [-0.2, -0.15) is 0 Å². The molecule has 64 heavy (non-hydrogen) atoms. The van der Waals surface area contributed by atoms with E-state index in [9.17, 15) is 0 Å². The third-order valence-electron chi connectivity index (χ3n) is 14.5. The molecule has 4 aliphatic carbocycles. The van der Waals surface area contributed by atoms with E-state index in [4.69, 9.17) is 0 Å². The highest BCUT2D eigenvalue weighted by Gasteiger charge is 2.51. The number of anilines is 3. The zero-order valence-corrected chi connectivity index (χ0v) is 35.6. The summed E-state index contributed by atoms with van der Waals surface area (Å²) in [7, 11) is 0. The minimum atomic E-state index is -0.385. The Labute approximate surface area is 375 Å². The van der Waals surface area contributed by atoms with Crippen LogP contribution in [0.1, 0.15) is 53.5 Å². The lowest BCUT2D eigenvalue weighted by Crippen LogP contribution is -2.25. The van der Waals surface area contributed by atoms with Crippen molar-refractivity contribution < 1.29 is 0 Å². The van der Waals surface area contributed by atoms with E-state index in [2.05, 4.69) is 229 Å². The van der Waals surface area contributed by atoms with Gasteiger partial charge in [-0.05, 0) is 145 Å². The van der Waals surface area contributed by atoms with Gasteiger partial charge in [-0.25, -0.2) is 0 Å². The molecule has 0 unspecified atom stereocenters. The predicted molar refractivity (Wildman–Crippen MR) is 268 cm³/mol. The lowest BCUT2D eigenvalue weighted by molar-refractivity contribution is 0.794. The molecule has 13 rings (SSSR count). The van der Waals surface area contributed by atoms with Crippen LogP contribution in [0.2, 0.25) is 0 Å². The lowest BCUT2D eigenvalue weighted by Gasteiger charge is -2.32. The minimum absolute atomic E-state index is 0.385. The zero-order valence-electron chi connectivity index (χ0n) is 35.6. The Morgan fingerprint density at radius 2 is 1.02 bits per heavy atom. The third-order valence-corrected chi connectivity index (χ3v) is 14.5. The summed E-state index contributed by atoms with van der Waals surface area (Å²) in [5.74, 6) is 0. The SMILES string of the molecule is C1=CC2=C(CC1)CCC(c1ccccc1N(c1ccc(-c3ccc4ccccc4c3-c3ccccc3)cc1)c1ccc3c(c1)-c1ccccc1C31c3ccccc3-c3ccccc31)=C2. The van der Waals surface area contributed by atoms with Crippen molar-refractivity contribution in [2.24, 2.45) is 0 Å². The fraction of sp³-hybridized carbons (Fsp3) is 0.0794. The van der Waals surface area contributed by atoms with Crippen LogP contribution in [0.3, 0.4) is 0 Å². The molecular formula is C63H45N. The van der Waals surface area contributed by atoms with E-state index in [-0.39, 0.29) is 5.41 Å². The van der Waals surface area contributed by atoms with Gasteiger partial charge in [-0.1, -0.05) is 200 Å². The van der Waals surface area contributed by atoms with E-state index in [0.29, 0.717) is 0 Å². The monoisotopic (exact) mass is 815 g/mol. The van der Waals surface area contributed by atoms with Crippen LogP contribution in [-0.2, 0) is 5.41 Å². The third kappa shape index (κ3) is 5.50. The molecule has 0 heterocycles. The fourth-order valence-electron chi connectivity index (χ4n) is 11.7. The molecule has 0 amide bonds. The number of fused-ring (bicyclic) bond motifs is 11. The Hall–Kier alpha value is -7.74. The first-order chi connectivity index (χ1) is 31.8. The van der Waals surface area contributed by atoms with Crippen LogP contribution < -0.4 is 4.90 Å². The number of rotatable bonds is 6. The summed E-state index contributed by atoms with van der Waals surface area (Å²) in [6.07, 6.45) is 11.6. The Bertz CT molecular complexity index is 3390. The molecule has 302 valence electrons. The maximum atomic E-state index is 2.52. The molecule has 0 atom stereocenters. The summed E-state index contributed by atoms with van der Waals surface area (Å²) < 4.78 is 0. The molecule has 0 radical (unpaired) electrons. The summed E-state index contributed by atoms with van der Waals surface area (Å²) in [5.41, 5.74) is 24.4. The summed E-state index contributed by atoms with van der Waals surface area (Å²) in [6.45, 7) is 0. The van der Waals surface area contributed by atoms with Crippen molar-refractivity contribution in [2.75, 3.05) is 4.90 Å². The van der Waals surface area contributed by atoms with E-state index in [0.717, 1.165) is 30.6 Å². The van der Waals surface area contributed by atoms with E-state index in [1.807, 2.05) is 0 Å². The Kier molecular flexibility index (Phi) is 8.46. The minimum Gasteiger partial charge on any atom is -0.310 e. The molecule has 0 N–H and O–H groups in total. The molecule has 0 aromatic heterocycles. The molecule has 0 saturated carbocycles. The lowest BCUT2D eigenvalue weighted by atomic mass is 9.70. The van der Waals surface area contributed by atoms with Gasteiger partial charge in [0.2, 0.25) is 0 Å². The average molecular weight is 816 g/mol. The number of nitrogens with zero attached hydrogens (tertiary/aromatic N) is 1. The molecule has 1 nitrogen and oxygen atoms in total.